The third-order valence-corrected chi connectivity index (χ3v) is 2.86. The van der Waals surface area contributed by atoms with E-state index in [1.54, 1.807) is 0 Å². The Labute approximate surface area is 109 Å². The second-order valence-corrected chi connectivity index (χ2v) is 4.26. The van der Waals surface area contributed by atoms with Crippen molar-refractivity contribution in [2.75, 3.05) is 6.54 Å². The number of hydrogen-bond donors (Lipinski definition) is 3. The number of hydrogen-bond acceptors (Lipinski definition) is 4. The smallest absolute Gasteiger partial charge is 0.335 e. The molecular formula is C12H13N3O4. The summed E-state index contributed by atoms with van der Waals surface area (Å²) in [5.41, 5.74) is 0.586. The zero-order chi connectivity index (χ0) is 13.8. The van der Waals surface area contributed by atoms with Crippen LogP contribution in [0.3, 0.4) is 0 Å². The summed E-state index contributed by atoms with van der Waals surface area (Å²) in [6.07, 6.45) is 1.57. The predicted octanol–water partition coefficient (Wildman–Crippen LogP) is -0.468. The molecule has 1 atom stereocenters. The van der Waals surface area contributed by atoms with Crippen LogP contribution in [0.1, 0.15) is 22.5 Å². The molecule has 7 heteroatoms. The van der Waals surface area contributed by atoms with E-state index in [0.29, 0.717) is 12.2 Å². The molecule has 2 rings (SSSR count). The van der Waals surface area contributed by atoms with Gasteiger partial charge in [0.25, 0.3) is 0 Å². The van der Waals surface area contributed by atoms with Gasteiger partial charge in [-0.2, -0.15) is 0 Å². The average Bonchev–Trinajstić information content (AvgIpc) is 2.83. The Morgan fingerprint density at radius 3 is 2.95 bits per heavy atom. The molecule has 1 aromatic heterocycles. The maximum atomic E-state index is 11.7. The van der Waals surface area contributed by atoms with E-state index in [0.717, 1.165) is 0 Å². The molecule has 19 heavy (non-hydrogen) atoms. The van der Waals surface area contributed by atoms with E-state index < -0.39 is 5.97 Å². The second kappa shape index (κ2) is 5.47. The molecule has 3 N–H and O–H groups in total. The molecule has 0 spiro atoms. The van der Waals surface area contributed by atoms with Gasteiger partial charge in [-0.1, -0.05) is 0 Å². The summed E-state index contributed by atoms with van der Waals surface area (Å²) in [5, 5.41) is 14.0. The van der Waals surface area contributed by atoms with Gasteiger partial charge in [0.15, 0.2) is 0 Å². The summed E-state index contributed by atoms with van der Waals surface area (Å²) in [5.74, 6) is -1.78. The number of amides is 2. The van der Waals surface area contributed by atoms with E-state index in [4.69, 9.17) is 5.11 Å². The fraction of sp³-hybridized carbons (Fsp3) is 0.333. The van der Waals surface area contributed by atoms with E-state index in [-0.39, 0.29) is 36.3 Å². The third kappa shape index (κ3) is 3.27. The van der Waals surface area contributed by atoms with Gasteiger partial charge < -0.3 is 15.7 Å². The van der Waals surface area contributed by atoms with Gasteiger partial charge in [-0.15, -0.1) is 0 Å². The van der Waals surface area contributed by atoms with Crippen LogP contribution < -0.4 is 10.6 Å². The fourth-order valence-corrected chi connectivity index (χ4v) is 1.82. The summed E-state index contributed by atoms with van der Waals surface area (Å²) in [4.78, 5) is 37.5. The number of aromatic nitrogens is 1. The molecule has 1 aromatic rings. The number of carbonyl (C=O) groups is 3. The standard InChI is InChI=1S/C12H13N3O4/c16-10-4-8(5-14-10)11(17)15-6-9-3-7(12(18)19)1-2-13-9/h1-3,8H,4-6H2,(H,14,16)(H,15,17)(H,18,19). The van der Waals surface area contributed by atoms with Crippen LogP contribution in [-0.2, 0) is 16.1 Å². The van der Waals surface area contributed by atoms with E-state index in [1.165, 1.54) is 18.3 Å². The molecular weight excluding hydrogens is 250 g/mol. The van der Waals surface area contributed by atoms with Crippen LogP contribution in [0.2, 0.25) is 0 Å². The largest absolute Gasteiger partial charge is 0.478 e. The lowest BCUT2D eigenvalue weighted by molar-refractivity contribution is -0.126. The van der Waals surface area contributed by atoms with Gasteiger partial charge >= 0.3 is 5.97 Å². The molecule has 1 aliphatic rings. The van der Waals surface area contributed by atoms with E-state index in [9.17, 15) is 14.4 Å². The normalized spacial score (nSPS) is 17.9. The molecule has 2 amide bonds. The van der Waals surface area contributed by atoms with E-state index in [1.807, 2.05) is 0 Å². The Hall–Kier alpha value is -2.44. The zero-order valence-corrected chi connectivity index (χ0v) is 10.0. The first-order valence-electron chi connectivity index (χ1n) is 5.79. The second-order valence-electron chi connectivity index (χ2n) is 4.26. The number of nitrogens with zero attached hydrogens (tertiary/aromatic N) is 1. The molecule has 2 heterocycles. The third-order valence-electron chi connectivity index (χ3n) is 2.86. The van der Waals surface area contributed by atoms with Gasteiger partial charge in [0.05, 0.1) is 23.7 Å². The average molecular weight is 263 g/mol. The Kier molecular flexibility index (Phi) is 3.74. The number of carboxylic acids is 1. The van der Waals surface area contributed by atoms with Crippen LogP contribution in [-0.4, -0.2) is 34.4 Å². The summed E-state index contributed by atoms with van der Waals surface area (Å²) >= 11 is 0. The first kappa shape index (κ1) is 13.0. The van der Waals surface area contributed by atoms with Crippen molar-refractivity contribution >= 4 is 17.8 Å². The van der Waals surface area contributed by atoms with Crippen LogP contribution in [0, 0.1) is 5.92 Å². The van der Waals surface area contributed by atoms with Crippen molar-refractivity contribution < 1.29 is 19.5 Å². The molecule has 0 bridgehead atoms. The summed E-state index contributed by atoms with van der Waals surface area (Å²) in [6, 6.07) is 2.79. The van der Waals surface area contributed by atoms with E-state index in [2.05, 4.69) is 15.6 Å². The quantitative estimate of drug-likeness (QED) is 0.680. The van der Waals surface area contributed by atoms with Gasteiger partial charge in [-0.05, 0) is 12.1 Å². The molecule has 7 nitrogen and oxygen atoms in total. The SMILES string of the molecule is O=C1CC(C(=O)NCc2cc(C(=O)O)ccn2)CN1. The predicted molar refractivity (Wildman–Crippen MR) is 64.2 cm³/mol. The molecule has 1 fully saturated rings. The van der Waals surface area contributed by atoms with Gasteiger partial charge in [0, 0.05) is 19.2 Å². The molecule has 1 aliphatic heterocycles. The molecule has 0 aliphatic carbocycles. The number of rotatable bonds is 4. The minimum Gasteiger partial charge on any atom is -0.478 e. The van der Waals surface area contributed by atoms with Crippen LogP contribution in [0.25, 0.3) is 0 Å². The van der Waals surface area contributed by atoms with Gasteiger partial charge in [-0.25, -0.2) is 4.79 Å². The molecule has 0 saturated carbocycles. The Bertz CT molecular complexity index is 529. The first-order chi connectivity index (χ1) is 9.06. The minimum absolute atomic E-state index is 0.122. The van der Waals surface area contributed by atoms with Crippen molar-refractivity contribution in [1.82, 2.24) is 15.6 Å². The highest BCUT2D eigenvalue weighted by Gasteiger charge is 2.27. The Balaban J connectivity index is 1.91. The number of carboxylic acid groups (broad SMARTS) is 1. The van der Waals surface area contributed by atoms with Crippen molar-refractivity contribution in [1.29, 1.82) is 0 Å². The first-order valence-corrected chi connectivity index (χ1v) is 5.79. The van der Waals surface area contributed by atoms with Crippen molar-refractivity contribution in [2.24, 2.45) is 5.92 Å². The van der Waals surface area contributed by atoms with Crippen molar-refractivity contribution in [3.8, 4) is 0 Å². The van der Waals surface area contributed by atoms with Crippen LogP contribution in [0.15, 0.2) is 18.3 Å². The topological polar surface area (TPSA) is 108 Å². The maximum Gasteiger partial charge on any atom is 0.335 e. The summed E-state index contributed by atoms with van der Waals surface area (Å²) in [7, 11) is 0. The monoisotopic (exact) mass is 263 g/mol. The van der Waals surface area contributed by atoms with Crippen LogP contribution >= 0.6 is 0 Å². The highest BCUT2D eigenvalue weighted by atomic mass is 16.4. The van der Waals surface area contributed by atoms with Crippen molar-refractivity contribution in [3.05, 3.63) is 29.6 Å². The molecule has 1 saturated heterocycles. The molecule has 0 radical (unpaired) electrons. The van der Waals surface area contributed by atoms with Crippen LogP contribution in [0.5, 0.6) is 0 Å². The number of aromatic carboxylic acids is 1. The lowest BCUT2D eigenvalue weighted by Crippen LogP contribution is -2.31. The lowest BCUT2D eigenvalue weighted by atomic mass is 10.1. The Morgan fingerprint density at radius 2 is 2.32 bits per heavy atom. The summed E-state index contributed by atoms with van der Waals surface area (Å²) < 4.78 is 0. The van der Waals surface area contributed by atoms with Crippen molar-refractivity contribution in [3.63, 3.8) is 0 Å². The van der Waals surface area contributed by atoms with Gasteiger partial charge in [0.2, 0.25) is 11.8 Å². The van der Waals surface area contributed by atoms with Crippen molar-refractivity contribution in [2.45, 2.75) is 13.0 Å². The highest BCUT2D eigenvalue weighted by molar-refractivity contribution is 5.89. The zero-order valence-electron chi connectivity index (χ0n) is 10.0. The lowest BCUT2D eigenvalue weighted by Gasteiger charge is -2.08. The number of pyridine rings is 1. The van der Waals surface area contributed by atoms with Gasteiger partial charge in [0.1, 0.15) is 0 Å². The van der Waals surface area contributed by atoms with Gasteiger partial charge in [-0.3, -0.25) is 14.6 Å². The minimum atomic E-state index is -1.04. The maximum absolute atomic E-state index is 11.7. The fourth-order valence-electron chi connectivity index (χ4n) is 1.82. The molecule has 1 unspecified atom stereocenters. The van der Waals surface area contributed by atoms with E-state index >= 15 is 0 Å². The molecule has 100 valence electrons. The van der Waals surface area contributed by atoms with Crippen LogP contribution in [0.4, 0.5) is 0 Å². The summed E-state index contributed by atoms with van der Waals surface area (Å²) in [6.45, 7) is 0.484. The highest BCUT2D eigenvalue weighted by Crippen LogP contribution is 2.09. The molecule has 0 aromatic carbocycles. The number of carbonyl (C=O) groups excluding carboxylic acids is 2. The number of nitrogens with one attached hydrogen (secondary N) is 2. The Morgan fingerprint density at radius 1 is 1.53 bits per heavy atom.